The van der Waals surface area contributed by atoms with Crippen molar-refractivity contribution in [2.45, 2.75) is 24.9 Å². The van der Waals surface area contributed by atoms with E-state index in [9.17, 15) is 10.2 Å². The monoisotopic (exact) mass is 457 g/mol. The molecule has 172 valence electrons. The van der Waals surface area contributed by atoms with Crippen molar-refractivity contribution in [3.05, 3.63) is 66.9 Å². The van der Waals surface area contributed by atoms with Crippen LogP contribution in [0.1, 0.15) is 18.2 Å². The van der Waals surface area contributed by atoms with Crippen LogP contribution in [0.4, 0.5) is 5.82 Å². The molecule has 3 aromatic heterocycles. The van der Waals surface area contributed by atoms with E-state index in [0.717, 1.165) is 23.2 Å². The SMILES string of the molecule is OC[C@H]1O[C@@H](n2cnc3c(N/N=C/c4ccc(-c5ccccn5)cc4)ncnc32)C(O)C2CC21. The minimum atomic E-state index is -0.677. The van der Waals surface area contributed by atoms with Crippen LogP contribution in [0.25, 0.3) is 22.4 Å². The van der Waals surface area contributed by atoms with Gasteiger partial charge in [0.25, 0.3) is 0 Å². The molecule has 1 aliphatic carbocycles. The van der Waals surface area contributed by atoms with Crippen LogP contribution in [0.2, 0.25) is 0 Å². The Bertz CT molecular complexity index is 1330. The quantitative estimate of drug-likeness (QED) is 0.297. The highest BCUT2D eigenvalue weighted by atomic mass is 16.5. The predicted molar refractivity (Wildman–Crippen MR) is 125 cm³/mol. The maximum Gasteiger partial charge on any atom is 0.177 e. The van der Waals surface area contributed by atoms with Crippen molar-refractivity contribution in [1.82, 2.24) is 24.5 Å². The summed E-state index contributed by atoms with van der Waals surface area (Å²) in [6.07, 6.45) is 5.69. The Kier molecular flexibility index (Phi) is 5.25. The lowest BCUT2D eigenvalue weighted by Gasteiger charge is -2.33. The number of imidazole rings is 1. The average molecular weight is 457 g/mol. The Labute approximate surface area is 195 Å². The molecular weight excluding hydrogens is 434 g/mol. The molecule has 3 unspecified atom stereocenters. The van der Waals surface area contributed by atoms with Crippen LogP contribution in [-0.4, -0.2) is 59.7 Å². The van der Waals surface area contributed by atoms with Crippen LogP contribution < -0.4 is 5.43 Å². The van der Waals surface area contributed by atoms with E-state index in [1.807, 2.05) is 42.5 Å². The highest BCUT2D eigenvalue weighted by Crippen LogP contribution is 2.52. The number of nitrogens with one attached hydrogen (secondary N) is 1. The molecule has 1 saturated carbocycles. The van der Waals surface area contributed by atoms with Crippen molar-refractivity contribution in [1.29, 1.82) is 0 Å². The normalized spacial score (nSPS) is 26.0. The van der Waals surface area contributed by atoms with Gasteiger partial charge in [-0.2, -0.15) is 5.10 Å². The number of aliphatic hydroxyl groups is 2. The fraction of sp³-hybridized carbons (Fsp3) is 0.292. The van der Waals surface area contributed by atoms with Gasteiger partial charge < -0.3 is 14.9 Å². The molecule has 0 spiro atoms. The minimum absolute atomic E-state index is 0.0731. The number of pyridine rings is 1. The first kappa shape index (κ1) is 20.8. The van der Waals surface area contributed by atoms with E-state index in [4.69, 9.17) is 4.74 Å². The number of anilines is 1. The molecule has 4 heterocycles. The van der Waals surface area contributed by atoms with Gasteiger partial charge in [0, 0.05) is 11.8 Å². The molecule has 1 aliphatic heterocycles. The number of hydrogen-bond acceptors (Lipinski definition) is 9. The molecule has 1 saturated heterocycles. The molecule has 5 atom stereocenters. The number of ether oxygens (including phenoxy) is 1. The van der Waals surface area contributed by atoms with Crippen LogP contribution in [-0.2, 0) is 4.74 Å². The third-order valence-corrected chi connectivity index (χ3v) is 6.48. The molecule has 6 rings (SSSR count). The van der Waals surface area contributed by atoms with Crippen molar-refractivity contribution in [3.8, 4) is 11.3 Å². The third-order valence-electron chi connectivity index (χ3n) is 6.48. The molecule has 0 radical (unpaired) electrons. The smallest absolute Gasteiger partial charge is 0.177 e. The predicted octanol–water partition coefficient (Wildman–Crippen LogP) is 2.22. The van der Waals surface area contributed by atoms with Gasteiger partial charge in [-0.05, 0) is 36.0 Å². The zero-order valence-corrected chi connectivity index (χ0v) is 18.1. The van der Waals surface area contributed by atoms with Crippen LogP contribution >= 0.6 is 0 Å². The standard InChI is InChI=1S/C24H23N7O3/c32-11-19-16-9-17(16)21(33)24(34-19)31-13-28-20-22(26-12-27-23(20)31)30-29-10-14-4-6-15(7-5-14)18-3-1-2-8-25-18/h1-8,10,12-13,16-17,19,21,24,32-33H,9,11H2,(H,26,27,30)/b29-10+/t16?,17?,19-,21?,24-/m1/s1. The molecule has 0 amide bonds. The second-order valence-corrected chi connectivity index (χ2v) is 8.55. The van der Waals surface area contributed by atoms with E-state index in [-0.39, 0.29) is 24.5 Å². The molecule has 0 bridgehead atoms. The molecule has 2 aliphatic rings. The summed E-state index contributed by atoms with van der Waals surface area (Å²) in [7, 11) is 0. The van der Waals surface area contributed by atoms with E-state index >= 15 is 0 Å². The van der Waals surface area contributed by atoms with Gasteiger partial charge >= 0.3 is 0 Å². The van der Waals surface area contributed by atoms with Gasteiger partial charge in [0.05, 0.1) is 30.9 Å². The lowest BCUT2D eigenvalue weighted by atomic mass is 10.1. The molecule has 3 N–H and O–H groups in total. The summed E-state index contributed by atoms with van der Waals surface area (Å²) in [6, 6.07) is 13.7. The molecule has 4 aromatic rings. The summed E-state index contributed by atoms with van der Waals surface area (Å²) < 4.78 is 7.68. The summed E-state index contributed by atoms with van der Waals surface area (Å²) >= 11 is 0. The summed E-state index contributed by atoms with van der Waals surface area (Å²) in [5.41, 5.74) is 6.82. The van der Waals surface area contributed by atoms with Crippen LogP contribution in [0.15, 0.2) is 66.4 Å². The summed E-state index contributed by atoms with van der Waals surface area (Å²) in [4.78, 5) is 17.4. The molecule has 34 heavy (non-hydrogen) atoms. The molecule has 10 nitrogen and oxygen atoms in total. The first-order valence-corrected chi connectivity index (χ1v) is 11.2. The maximum atomic E-state index is 10.7. The van der Waals surface area contributed by atoms with Gasteiger partial charge in [0.15, 0.2) is 23.2 Å². The molecule has 1 aromatic carbocycles. The maximum absolute atomic E-state index is 10.7. The fourth-order valence-electron chi connectivity index (χ4n) is 4.60. The number of fused-ring (bicyclic) bond motifs is 2. The number of rotatable bonds is 6. The largest absolute Gasteiger partial charge is 0.394 e. The van der Waals surface area contributed by atoms with Gasteiger partial charge in [-0.25, -0.2) is 15.0 Å². The topological polar surface area (TPSA) is 131 Å². The lowest BCUT2D eigenvalue weighted by molar-refractivity contribution is -0.168. The van der Waals surface area contributed by atoms with Crippen LogP contribution in [0.3, 0.4) is 0 Å². The zero-order valence-electron chi connectivity index (χ0n) is 18.1. The van der Waals surface area contributed by atoms with Gasteiger partial charge in [-0.1, -0.05) is 30.3 Å². The summed E-state index contributed by atoms with van der Waals surface area (Å²) in [5, 5.41) is 24.6. The van der Waals surface area contributed by atoms with Crippen molar-refractivity contribution < 1.29 is 14.9 Å². The van der Waals surface area contributed by atoms with Crippen molar-refractivity contribution in [2.24, 2.45) is 16.9 Å². The third kappa shape index (κ3) is 3.71. The molecule has 10 heteroatoms. The Morgan fingerprint density at radius 2 is 1.97 bits per heavy atom. The van der Waals surface area contributed by atoms with E-state index < -0.39 is 12.3 Å². The lowest BCUT2D eigenvalue weighted by Crippen LogP contribution is -2.39. The molecule has 2 fully saturated rings. The van der Waals surface area contributed by atoms with Crippen LogP contribution in [0.5, 0.6) is 0 Å². The van der Waals surface area contributed by atoms with Crippen molar-refractivity contribution >= 4 is 23.2 Å². The van der Waals surface area contributed by atoms with E-state index in [1.54, 1.807) is 23.3 Å². The Hall–Kier alpha value is -3.73. The van der Waals surface area contributed by atoms with Crippen molar-refractivity contribution in [3.63, 3.8) is 0 Å². The van der Waals surface area contributed by atoms with Crippen LogP contribution in [0, 0.1) is 11.8 Å². The Morgan fingerprint density at radius 1 is 1.09 bits per heavy atom. The Balaban J connectivity index is 1.20. The molecular formula is C24H23N7O3. The van der Waals surface area contributed by atoms with Crippen molar-refractivity contribution in [2.75, 3.05) is 12.0 Å². The number of aliphatic hydroxyl groups excluding tert-OH is 2. The van der Waals surface area contributed by atoms with Gasteiger partial charge in [-0.15, -0.1) is 0 Å². The fourth-order valence-corrected chi connectivity index (χ4v) is 4.60. The second-order valence-electron chi connectivity index (χ2n) is 8.55. The summed E-state index contributed by atoms with van der Waals surface area (Å²) in [5.74, 6) is 0.783. The number of hydrazone groups is 1. The number of nitrogens with zero attached hydrogens (tertiary/aromatic N) is 6. The minimum Gasteiger partial charge on any atom is -0.394 e. The van der Waals surface area contributed by atoms with Gasteiger partial charge in [0.2, 0.25) is 0 Å². The van der Waals surface area contributed by atoms with E-state index in [0.29, 0.717) is 17.0 Å². The second kappa shape index (κ2) is 8.56. The number of aromatic nitrogens is 5. The van der Waals surface area contributed by atoms with E-state index in [2.05, 4.69) is 30.5 Å². The zero-order chi connectivity index (χ0) is 23.1. The first-order valence-electron chi connectivity index (χ1n) is 11.2. The van der Waals surface area contributed by atoms with E-state index in [1.165, 1.54) is 6.33 Å². The highest BCUT2D eigenvalue weighted by Gasteiger charge is 2.55. The number of benzene rings is 1. The van der Waals surface area contributed by atoms with Gasteiger partial charge in [0.1, 0.15) is 12.4 Å². The van der Waals surface area contributed by atoms with Gasteiger partial charge in [-0.3, -0.25) is 15.0 Å². The Morgan fingerprint density at radius 3 is 2.76 bits per heavy atom. The average Bonchev–Trinajstić information content (AvgIpc) is 3.58. The summed E-state index contributed by atoms with van der Waals surface area (Å²) in [6.45, 7) is -0.0731. The number of hydrogen-bond donors (Lipinski definition) is 3. The first-order chi connectivity index (χ1) is 16.7. The highest BCUT2D eigenvalue weighted by molar-refractivity contribution is 5.85.